The maximum absolute atomic E-state index is 12.1. The zero-order valence-electron chi connectivity index (χ0n) is 11.6. The lowest BCUT2D eigenvalue weighted by Crippen LogP contribution is -2.42. The van der Waals surface area contributed by atoms with Crippen LogP contribution >= 0.6 is 0 Å². The maximum atomic E-state index is 12.1. The van der Waals surface area contributed by atoms with Crippen LogP contribution in [0.25, 0.3) is 0 Å². The van der Waals surface area contributed by atoms with Crippen LogP contribution in [0.1, 0.15) is 19.3 Å². The number of nitrogens with two attached hydrogens (primary N) is 1. The Labute approximate surface area is 119 Å². The fraction of sp³-hybridized carbons (Fsp3) is 0.533. The maximum Gasteiger partial charge on any atom is 0.260 e. The molecule has 0 radical (unpaired) electrons. The van der Waals surface area contributed by atoms with Crippen molar-refractivity contribution in [2.24, 2.45) is 5.92 Å². The molecule has 1 heterocycles. The Balaban J connectivity index is 1.82. The average molecular weight is 278 g/mol. The van der Waals surface area contributed by atoms with Crippen molar-refractivity contribution in [3.63, 3.8) is 0 Å². The standard InChI is InChI=1S/C15H22N2O3/c16-13-4-1-5-14(9-13)20-11-15(19)17-7-2-3-12(10-17)6-8-18/h1,4-5,9,12,18H,2-3,6-8,10-11,16H2. The molecule has 0 bridgehead atoms. The quantitative estimate of drug-likeness (QED) is 0.795. The lowest BCUT2D eigenvalue weighted by Gasteiger charge is -2.32. The van der Waals surface area contributed by atoms with Crippen LogP contribution in [0.4, 0.5) is 5.69 Å². The number of amides is 1. The van der Waals surface area contributed by atoms with E-state index in [1.807, 2.05) is 4.90 Å². The highest BCUT2D eigenvalue weighted by Gasteiger charge is 2.23. The summed E-state index contributed by atoms with van der Waals surface area (Å²) in [6.07, 6.45) is 2.84. The Morgan fingerprint density at radius 2 is 2.35 bits per heavy atom. The first-order chi connectivity index (χ1) is 9.69. The predicted molar refractivity (Wildman–Crippen MR) is 77.4 cm³/mol. The Hall–Kier alpha value is -1.75. The van der Waals surface area contributed by atoms with Gasteiger partial charge in [0.15, 0.2) is 6.61 Å². The van der Waals surface area contributed by atoms with Gasteiger partial charge in [-0.25, -0.2) is 0 Å². The van der Waals surface area contributed by atoms with Crippen molar-refractivity contribution in [2.75, 3.05) is 32.0 Å². The van der Waals surface area contributed by atoms with E-state index < -0.39 is 0 Å². The Morgan fingerprint density at radius 3 is 3.10 bits per heavy atom. The molecule has 1 fully saturated rings. The summed E-state index contributed by atoms with van der Waals surface area (Å²) in [6.45, 7) is 1.72. The number of carbonyl (C=O) groups is 1. The highest BCUT2D eigenvalue weighted by Crippen LogP contribution is 2.20. The molecule has 5 heteroatoms. The molecule has 1 unspecified atom stereocenters. The number of aliphatic hydroxyl groups is 1. The van der Waals surface area contributed by atoms with Crippen LogP contribution in [0, 0.1) is 5.92 Å². The van der Waals surface area contributed by atoms with E-state index in [1.54, 1.807) is 24.3 Å². The number of rotatable bonds is 5. The van der Waals surface area contributed by atoms with E-state index in [9.17, 15) is 4.79 Å². The fourth-order valence-electron chi connectivity index (χ4n) is 2.55. The smallest absolute Gasteiger partial charge is 0.260 e. The van der Waals surface area contributed by atoms with Crippen molar-refractivity contribution in [1.82, 2.24) is 4.90 Å². The third-order valence-corrected chi connectivity index (χ3v) is 3.63. The molecule has 1 aliphatic rings. The first-order valence-electron chi connectivity index (χ1n) is 7.06. The molecule has 1 amide bonds. The van der Waals surface area contributed by atoms with Gasteiger partial charge in [0.05, 0.1) is 0 Å². The van der Waals surface area contributed by atoms with Gasteiger partial charge < -0.3 is 20.5 Å². The second-order valence-corrected chi connectivity index (χ2v) is 5.22. The number of nitrogens with zero attached hydrogens (tertiary/aromatic N) is 1. The normalized spacial score (nSPS) is 18.9. The van der Waals surface area contributed by atoms with E-state index in [1.165, 1.54) is 0 Å². The highest BCUT2D eigenvalue weighted by atomic mass is 16.5. The van der Waals surface area contributed by atoms with Crippen LogP contribution in [0.15, 0.2) is 24.3 Å². The van der Waals surface area contributed by atoms with E-state index >= 15 is 0 Å². The van der Waals surface area contributed by atoms with Crippen LogP contribution in [-0.4, -0.2) is 42.2 Å². The number of aliphatic hydroxyl groups excluding tert-OH is 1. The van der Waals surface area contributed by atoms with Gasteiger partial charge in [0.1, 0.15) is 5.75 Å². The third kappa shape index (κ3) is 4.13. The topological polar surface area (TPSA) is 75.8 Å². The number of likely N-dealkylation sites (tertiary alicyclic amines) is 1. The van der Waals surface area contributed by atoms with Crippen molar-refractivity contribution in [3.8, 4) is 5.75 Å². The number of hydrogen-bond acceptors (Lipinski definition) is 4. The monoisotopic (exact) mass is 278 g/mol. The van der Waals surface area contributed by atoms with Gasteiger partial charge in [0.25, 0.3) is 5.91 Å². The number of piperidine rings is 1. The molecule has 0 aromatic heterocycles. The molecule has 20 heavy (non-hydrogen) atoms. The molecule has 3 N–H and O–H groups in total. The van der Waals surface area contributed by atoms with Gasteiger partial charge in [0, 0.05) is 31.5 Å². The minimum Gasteiger partial charge on any atom is -0.484 e. The molecular weight excluding hydrogens is 256 g/mol. The molecule has 1 saturated heterocycles. The zero-order valence-corrected chi connectivity index (χ0v) is 11.6. The van der Waals surface area contributed by atoms with E-state index in [-0.39, 0.29) is 19.1 Å². The molecule has 0 spiro atoms. The van der Waals surface area contributed by atoms with Gasteiger partial charge >= 0.3 is 0 Å². The largest absolute Gasteiger partial charge is 0.484 e. The number of carbonyl (C=O) groups excluding carboxylic acids is 1. The van der Waals surface area contributed by atoms with E-state index in [0.29, 0.717) is 17.4 Å². The minimum atomic E-state index is -0.00457. The molecule has 1 aliphatic heterocycles. The molecule has 5 nitrogen and oxygen atoms in total. The second kappa shape index (κ2) is 7.14. The van der Waals surface area contributed by atoms with Gasteiger partial charge in [-0.05, 0) is 37.3 Å². The van der Waals surface area contributed by atoms with Crippen LogP contribution < -0.4 is 10.5 Å². The summed E-state index contributed by atoms with van der Waals surface area (Å²) in [5.74, 6) is 1.02. The van der Waals surface area contributed by atoms with Crippen molar-refractivity contribution in [3.05, 3.63) is 24.3 Å². The minimum absolute atomic E-state index is 0.00457. The van der Waals surface area contributed by atoms with E-state index in [0.717, 1.165) is 32.4 Å². The first-order valence-corrected chi connectivity index (χ1v) is 7.06. The van der Waals surface area contributed by atoms with Crippen molar-refractivity contribution < 1.29 is 14.6 Å². The summed E-state index contributed by atoms with van der Waals surface area (Å²) in [5, 5.41) is 8.98. The molecule has 1 aromatic carbocycles. The number of benzene rings is 1. The molecule has 1 aromatic rings. The third-order valence-electron chi connectivity index (χ3n) is 3.63. The van der Waals surface area contributed by atoms with E-state index in [4.69, 9.17) is 15.6 Å². The van der Waals surface area contributed by atoms with Crippen LogP contribution in [0.5, 0.6) is 5.75 Å². The Kier molecular flexibility index (Phi) is 5.24. The van der Waals surface area contributed by atoms with Gasteiger partial charge in [-0.2, -0.15) is 0 Å². The summed E-state index contributed by atoms with van der Waals surface area (Å²) in [6, 6.07) is 7.07. The molecule has 2 rings (SSSR count). The van der Waals surface area contributed by atoms with Crippen molar-refractivity contribution >= 4 is 11.6 Å². The molecular formula is C15H22N2O3. The summed E-state index contributed by atoms with van der Waals surface area (Å²) in [4.78, 5) is 13.9. The summed E-state index contributed by atoms with van der Waals surface area (Å²) >= 11 is 0. The second-order valence-electron chi connectivity index (χ2n) is 5.22. The van der Waals surface area contributed by atoms with Crippen LogP contribution in [0.3, 0.4) is 0 Å². The number of hydrogen-bond donors (Lipinski definition) is 2. The Bertz CT molecular complexity index is 448. The fourth-order valence-corrected chi connectivity index (χ4v) is 2.55. The lowest BCUT2D eigenvalue weighted by atomic mass is 9.95. The van der Waals surface area contributed by atoms with E-state index in [2.05, 4.69) is 0 Å². The van der Waals surface area contributed by atoms with Gasteiger partial charge in [-0.15, -0.1) is 0 Å². The van der Waals surface area contributed by atoms with Crippen LogP contribution in [0.2, 0.25) is 0 Å². The van der Waals surface area contributed by atoms with Crippen molar-refractivity contribution in [2.45, 2.75) is 19.3 Å². The molecule has 0 saturated carbocycles. The molecule has 0 aliphatic carbocycles. The average Bonchev–Trinajstić information content (AvgIpc) is 2.45. The number of nitrogen functional groups attached to an aromatic ring is 1. The molecule has 110 valence electrons. The summed E-state index contributed by atoms with van der Waals surface area (Å²) in [5.41, 5.74) is 6.28. The Morgan fingerprint density at radius 1 is 1.50 bits per heavy atom. The SMILES string of the molecule is Nc1cccc(OCC(=O)N2CCCC(CCO)C2)c1. The van der Waals surface area contributed by atoms with Gasteiger partial charge in [0.2, 0.25) is 0 Å². The summed E-state index contributed by atoms with van der Waals surface area (Å²) < 4.78 is 5.48. The van der Waals surface area contributed by atoms with Gasteiger partial charge in [-0.1, -0.05) is 6.07 Å². The zero-order chi connectivity index (χ0) is 14.4. The predicted octanol–water partition coefficient (Wildman–Crippen LogP) is 1.27. The van der Waals surface area contributed by atoms with Gasteiger partial charge in [-0.3, -0.25) is 4.79 Å². The highest BCUT2D eigenvalue weighted by molar-refractivity contribution is 5.77. The lowest BCUT2D eigenvalue weighted by molar-refractivity contribution is -0.135. The molecule has 1 atom stereocenters. The number of ether oxygens (including phenoxy) is 1. The number of anilines is 1. The van der Waals surface area contributed by atoms with Crippen molar-refractivity contribution in [1.29, 1.82) is 0 Å². The van der Waals surface area contributed by atoms with Crippen LogP contribution in [-0.2, 0) is 4.79 Å². The first kappa shape index (κ1) is 14.7. The summed E-state index contributed by atoms with van der Waals surface area (Å²) in [7, 11) is 0.